The molecule has 1 rings (SSSR count). The Labute approximate surface area is 91.9 Å². The summed E-state index contributed by atoms with van der Waals surface area (Å²) in [6, 6.07) is 0.503. The molecule has 1 aliphatic heterocycles. The van der Waals surface area contributed by atoms with Gasteiger partial charge in [0.2, 0.25) is 0 Å². The molecule has 14 heavy (non-hydrogen) atoms. The fraction of sp³-hybridized carbons (Fsp3) is 1.00. The zero-order chi connectivity index (χ0) is 10.6. The van der Waals surface area contributed by atoms with Gasteiger partial charge in [-0.3, -0.25) is 0 Å². The number of thioether (sulfide) groups is 1. The van der Waals surface area contributed by atoms with Crippen LogP contribution in [0.3, 0.4) is 0 Å². The normalized spacial score (nSPS) is 35.6. The topological polar surface area (TPSA) is 32.3 Å². The summed E-state index contributed by atoms with van der Waals surface area (Å²) in [6.07, 6.45) is 3.46. The van der Waals surface area contributed by atoms with Gasteiger partial charge in [-0.05, 0) is 31.9 Å². The maximum atomic E-state index is 9.58. The Balaban J connectivity index is 2.62. The van der Waals surface area contributed by atoms with Crippen LogP contribution in [0.1, 0.15) is 40.0 Å². The molecule has 0 aromatic heterocycles. The third kappa shape index (κ3) is 2.65. The minimum absolute atomic E-state index is 0.0294. The lowest BCUT2D eigenvalue weighted by molar-refractivity contribution is 0.135. The van der Waals surface area contributed by atoms with Gasteiger partial charge >= 0.3 is 0 Å². The van der Waals surface area contributed by atoms with Gasteiger partial charge in [0.15, 0.2) is 0 Å². The van der Waals surface area contributed by atoms with Crippen molar-refractivity contribution in [2.75, 3.05) is 12.4 Å². The van der Waals surface area contributed by atoms with Crippen LogP contribution in [-0.4, -0.2) is 34.3 Å². The van der Waals surface area contributed by atoms with Gasteiger partial charge in [0, 0.05) is 11.3 Å². The van der Waals surface area contributed by atoms with Gasteiger partial charge in [0.1, 0.15) is 0 Å². The smallest absolute Gasteiger partial charge is 0.0624 e. The van der Waals surface area contributed by atoms with Gasteiger partial charge in [0.05, 0.1) is 12.1 Å². The molecule has 2 nitrogen and oxygen atoms in total. The first kappa shape index (κ1) is 12.3. The van der Waals surface area contributed by atoms with Crippen LogP contribution in [0.5, 0.6) is 0 Å². The molecule has 3 unspecified atom stereocenters. The van der Waals surface area contributed by atoms with Crippen molar-refractivity contribution in [2.45, 2.75) is 56.9 Å². The van der Waals surface area contributed by atoms with Crippen molar-refractivity contribution in [3.05, 3.63) is 0 Å². The maximum absolute atomic E-state index is 9.58. The second-order valence-corrected chi connectivity index (χ2v) is 5.83. The Morgan fingerprint density at radius 1 is 1.64 bits per heavy atom. The van der Waals surface area contributed by atoms with Crippen molar-refractivity contribution in [3.63, 3.8) is 0 Å². The standard InChI is InChI=1S/C11H23NOS/c1-4-9(2)12-11(8-13)6-5-7-14-10(11)3/h9-10,12-13H,4-8H2,1-3H3. The quantitative estimate of drug-likeness (QED) is 0.755. The summed E-state index contributed by atoms with van der Waals surface area (Å²) in [4.78, 5) is 0. The van der Waals surface area contributed by atoms with E-state index in [9.17, 15) is 5.11 Å². The van der Waals surface area contributed by atoms with Crippen LogP contribution in [0.2, 0.25) is 0 Å². The number of aliphatic hydroxyl groups is 1. The van der Waals surface area contributed by atoms with Gasteiger partial charge in [-0.25, -0.2) is 0 Å². The van der Waals surface area contributed by atoms with Crippen LogP contribution in [0, 0.1) is 0 Å². The molecule has 84 valence electrons. The number of hydrogen-bond acceptors (Lipinski definition) is 3. The van der Waals surface area contributed by atoms with Gasteiger partial charge < -0.3 is 10.4 Å². The molecule has 1 fully saturated rings. The van der Waals surface area contributed by atoms with Crippen LogP contribution >= 0.6 is 11.8 Å². The molecule has 0 radical (unpaired) electrons. The molecule has 0 bridgehead atoms. The fourth-order valence-corrected chi connectivity index (χ4v) is 3.29. The minimum atomic E-state index is -0.0294. The zero-order valence-corrected chi connectivity index (χ0v) is 10.4. The van der Waals surface area contributed by atoms with Crippen molar-refractivity contribution in [1.82, 2.24) is 5.32 Å². The van der Waals surface area contributed by atoms with E-state index in [4.69, 9.17) is 0 Å². The molecule has 0 amide bonds. The van der Waals surface area contributed by atoms with E-state index in [0.717, 1.165) is 12.8 Å². The molecule has 1 aliphatic rings. The molecular weight excluding hydrogens is 194 g/mol. The van der Waals surface area contributed by atoms with Crippen LogP contribution in [0.25, 0.3) is 0 Å². The Morgan fingerprint density at radius 3 is 2.86 bits per heavy atom. The second-order valence-electron chi connectivity index (χ2n) is 4.38. The van der Waals surface area contributed by atoms with E-state index in [2.05, 4.69) is 26.1 Å². The van der Waals surface area contributed by atoms with E-state index in [1.807, 2.05) is 11.8 Å². The third-order valence-electron chi connectivity index (χ3n) is 3.34. The second kappa shape index (κ2) is 5.38. The Hall–Kier alpha value is 0.270. The first-order valence-corrected chi connectivity index (χ1v) is 6.69. The van der Waals surface area contributed by atoms with E-state index in [1.54, 1.807) is 0 Å². The van der Waals surface area contributed by atoms with E-state index in [0.29, 0.717) is 11.3 Å². The number of rotatable bonds is 4. The van der Waals surface area contributed by atoms with E-state index < -0.39 is 0 Å². The predicted molar refractivity (Wildman–Crippen MR) is 63.9 cm³/mol. The molecule has 1 saturated heterocycles. The van der Waals surface area contributed by atoms with E-state index >= 15 is 0 Å². The summed E-state index contributed by atoms with van der Waals surface area (Å²) in [7, 11) is 0. The molecule has 2 N–H and O–H groups in total. The van der Waals surface area contributed by atoms with Crippen molar-refractivity contribution in [2.24, 2.45) is 0 Å². The molecule has 3 atom stereocenters. The lowest BCUT2D eigenvalue weighted by atomic mass is 9.89. The highest BCUT2D eigenvalue weighted by atomic mass is 32.2. The Morgan fingerprint density at radius 2 is 2.36 bits per heavy atom. The maximum Gasteiger partial charge on any atom is 0.0624 e. The molecule has 0 spiro atoms. The van der Waals surface area contributed by atoms with Crippen LogP contribution in [0.15, 0.2) is 0 Å². The first-order chi connectivity index (χ1) is 6.64. The highest BCUT2D eigenvalue weighted by Gasteiger charge is 2.38. The molecule has 3 heteroatoms. The van der Waals surface area contributed by atoms with E-state index in [1.165, 1.54) is 12.2 Å². The van der Waals surface area contributed by atoms with Gasteiger partial charge in [-0.15, -0.1) is 0 Å². The Bertz CT molecular complexity index is 177. The summed E-state index contributed by atoms with van der Waals surface area (Å²) >= 11 is 1.98. The highest BCUT2D eigenvalue weighted by molar-refractivity contribution is 8.00. The van der Waals surface area contributed by atoms with Crippen molar-refractivity contribution in [3.8, 4) is 0 Å². The highest BCUT2D eigenvalue weighted by Crippen LogP contribution is 2.34. The van der Waals surface area contributed by atoms with E-state index in [-0.39, 0.29) is 12.1 Å². The van der Waals surface area contributed by atoms with Crippen LogP contribution in [0.4, 0.5) is 0 Å². The van der Waals surface area contributed by atoms with Crippen LogP contribution in [-0.2, 0) is 0 Å². The summed E-state index contributed by atoms with van der Waals surface area (Å²) in [6.45, 7) is 6.88. The summed E-state index contributed by atoms with van der Waals surface area (Å²) < 4.78 is 0. The monoisotopic (exact) mass is 217 g/mol. The fourth-order valence-electron chi connectivity index (χ4n) is 2.05. The summed E-state index contributed by atoms with van der Waals surface area (Å²) in [5.74, 6) is 1.24. The van der Waals surface area contributed by atoms with Gasteiger partial charge in [-0.1, -0.05) is 13.8 Å². The SMILES string of the molecule is CCC(C)NC1(CO)CCCSC1C. The lowest BCUT2D eigenvalue weighted by Gasteiger charge is -2.43. The van der Waals surface area contributed by atoms with Crippen molar-refractivity contribution >= 4 is 11.8 Å². The molecule has 1 heterocycles. The molecular formula is C11H23NOS. The average Bonchev–Trinajstić information content (AvgIpc) is 2.21. The average molecular weight is 217 g/mol. The molecule has 0 saturated carbocycles. The van der Waals surface area contributed by atoms with Crippen molar-refractivity contribution in [1.29, 1.82) is 0 Å². The van der Waals surface area contributed by atoms with Gasteiger partial charge in [-0.2, -0.15) is 11.8 Å². The van der Waals surface area contributed by atoms with Crippen LogP contribution < -0.4 is 5.32 Å². The molecule has 0 aliphatic carbocycles. The minimum Gasteiger partial charge on any atom is -0.394 e. The third-order valence-corrected chi connectivity index (χ3v) is 4.82. The Kier molecular flexibility index (Phi) is 4.74. The summed E-state index contributed by atoms with van der Waals surface area (Å²) in [5, 5.41) is 13.7. The van der Waals surface area contributed by atoms with Gasteiger partial charge in [0.25, 0.3) is 0 Å². The lowest BCUT2D eigenvalue weighted by Crippen LogP contribution is -2.59. The number of nitrogens with one attached hydrogen (secondary N) is 1. The summed E-state index contributed by atoms with van der Waals surface area (Å²) in [5.41, 5.74) is -0.0294. The van der Waals surface area contributed by atoms with Crippen molar-refractivity contribution < 1.29 is 5.11 Å². The molecule has 0 aromatic carbocycles. The number of aliphatic hydroxyl groups excluding tert-OH is 1. The largest absolute Gasteiger partial charge is 0.394 e. The predicted octanol–water partition coefficient (Wildman–Crippen LogP) is 2.02. The first-order valence-electron chi connectivity index (χ1n) is 5.65. The zero-order valence-electron chi connectivity index (χ0n) is 9.55. The molecule has 0 aromatic rings. The number of hydrogen-bond donors (Lipinski definition) is 2.